The lowest BCUT2D eigenvalue weighted by Crippen LogP contribution is -2.34. The number of aryl methyl sites for hydroxylation is 1. The molecule has 0 N–H and O–H groups in total. The highest BCUT2D eigenvalue weighted by atomic mass is 16.6. The van der Waals surface area contributed by atoms with Crippen LogP contribution in [0.25, 0.3) is 0 Å². The van der Waals surface area contributed by atoms with Gasteiger partial charge in [-0.05, 0) is 81.0 Å². The van der Waals surface area contributed by atoms with E-state index in [2.05, 4.69) is 26.3 Å². The monoisotopic (exact) mass is 368 g/mol. The van der Waals surface area contributed by atoms with Crippen molar-refractivity contribution in [1.82, 2.24) is 10.2 Å². The van der Waals surface area contributed by atoms with Crippen LogP contribution in [0.3, 0.4) is 0 Å². The fourth-order valence-electron chi connectivity index (χ4n) is 3.18. The van der Waals surface area contributed by atoms with Gasteiger partial charge in [0, 0.05) is 13.1 Å². The van der Waals surface area contributed by atoms with Crippen molar-refractivity contribution in [3.05, 3.63) is 47.7 Å². The van der Waals surface area contributed by atoms with E-state index in [1.54, 1.807) is 6.21 Å². The number of oxime groups is 1. The summed E-state index contributed by atoms with van der Waals surface area (Å²) in [5.41, 5.74) is 1.96. The fraction of sp³-hybridized carbons (Fsp3) is 0.476. The molecule has 1 fully saturated rings. The van der Waals surface area contributed by atoms with Gasteiger partial charge < -0.3 is 14.5 Å². The Labute approximate surface area is 161 Å². The van der Waals surface area contributed by atoms with Gasteiger partial charge in [-0.2, -0.15) is 5.10 Å². The van der Waals surface area contributed by atoms with Crippen molar-refractivity contribution >= 4 is 12.0 Å². The van der Waals surface area contributed by atoms with Crippen molar-refractivity contribution in [2.24, 2.45) is 11.1 Å². The largest absolute Gasteiger partial charge is 0.494 e. The highest BCUT2D eigenvalue weighted by Gasteiger charge is 2.20. The third-order valence-corrected chi connectivity index (χ3v) is 4.80. The summed E-state index contributed by atoms with van der Waals surface area (Å²) in [6, 6.07) is 12.0. The van der Waals surface area contributed by atoms with E-state index in [4.69, 9.17) is 9.57 Å². The number of piperidine rings is 1. The van der Waals surface area contributed by atoms with Crippen LogP contribution in [0.15, 0.2) is 41.6 Å². The molecule has 144 valence electrons. The molecule has 1 aromatic heterocycles. The molecule has 0 bridgehead atoms. The van der Waals surface area contributed by atoms with Crippen LogP contribution in [0.5, 0.6) is 5.75 Å². The smallest absolute Gasteiger partial charge is 0.151 e. The number of hydrogen-bond acceptors (Lipinski definition) is 6. The van der Waals surface area contributed by atoms with Crippen LogP contribution in [0.2, 0.25) is 0 Å². The fourth-order valence-corrected chi connectivity index (χ4v) is 3.18. The molecule has 0 spiro atoms. The zero-order valence-corrected chi connectivity index (χ0v) is 16.2. The number of benzene rings is 1. The first-order chi connectivity index (χ1) is 13.2. The minimum atomic E-state index is 0.578. The van der Waals surface area contributed by atoms with Gasteiger partial charge in [-0.15, -0.1) is 5.10 Å². The molecule has 1 aromatic carbocycles. The number of nitrogens with zero attached hydrogens (tertiary/aromatic N) is 4. The number of anilines is 1. The zero-order chi connectivity index (χ0) is 18.9. The first kappa shape index (κ1) is 19.1. The summed E-state index contributed by atoms with van der Waals surface area (Å²) in [7, 11) is 0. The molecule has 0 aliphatic carbocycles. The molecule has 1 aliphatic heterocycles. The summed E-state index contributed by atoms with van der Waals surface area (Å²) in [6.45, 7) is 7.28. The van der Waals surface area contributed by atoms with Gasteiger partial charge in [-0.3, -0.25) is 0 Å². The third-order valence-electron chi connectivity index (χ3n) is 4.80. The molecule has 2 aromatic rings. The minimum Gasteiger partial charge on any atom is -0.494 e. The van der Waals surface area contributed by atoms with Crippen LogP contribution in [-0.4, -0.2) is 42.7 Å². The summed E-state index contributed by atoms with van der Waals surface area (Å²) in [4.78, 5) is 7.29. The molecular weight excluding hydrogens is 340 g/mol. The average molecular weight is 368 g/mol. The Morgan fingerprint density at radius 2 is 1.89 bits per heavy atom. The van der Waals surface area contributed by atoms with Gasteiger partial charge in [-0.1, -0.05) is 5.16 Å². The Morgan fingerprint density at radius 3 is 2.56 bits per heavy atom. The molecule has 6 heteroatoms. The van der Waals surface area contributed by atoms with Gasteiger partial charge in [0.15, 0.2) is 5.82 Å². The van der Waals surface area contributed by atoms with Gasteiger partial charge in [0.2, 0.25) is 0 Å². The molecule has 1 saturated heterocycles. The van der Waals surface area contributed by atoms with E-state index in [1.165, 1.54) is 12.8 Å². The molecule has 0 unspecified atom stereocenters. The van der Waals surface area contributed by atoms with Crippen LogP contribution in [0.4, 0.5) is 5.82 Å². The predicted molar refractivity (Wildman–Crippen MR) is 107 cm³/mol. The number of rotatable bonds is 8. The maximum atomic E-state index is 5.90. The number of hydrogen-bond donors (Lipinski definition) is 0. The first-order valence-electron chi connectivity index (χ1n) is 9.68. The Balaban J connectivity index is 1.37. The molecule has 6 nitrogen and oxygen atoms in total. The van der Waals surface area contributed by atoms with Crippen molar-refractivity contribution in [3.63, 3.8) is 0 Å². The van der Waals surface area contributed by atoms with E-state index in [-0.39, 0.29) is 0 Å². The first-order valence-corrected chi connectivity index (χ1v) is 9.68. The van der Waals surface area contributed by atoms with Crippen LogP contribution in [-0.2, 0) is 4.84 Å². The quantitative estimate of drug-likeness (QED) is 0.523. The van der Waals surface area contributed by atoms with Crippen LogP contribution in [0.1, 0.15) is 37.4 Å². The molecule has 0 amide bonds. The normalized spacial score (nSPS) is 15.3. The van der Waals surface area contributed by atoms with Crippen molar-refractivity contribution < 1.29 is 9.57 Å². The molecule has 0 radical (unpaired) electrons. The van der Waals surface area contributed by atoms with Crippen LogP contribution < -0.4 is 9.64 Å². The summed E-state index contributed by atoms with van der Waals surface area (Å²) < 4.78 is 5.90. The van der Waals surface area contributed by atoms with Gasteiger partial charge in [0.1, 0.15) is 12.4 Å². The second-order valence-electron chi connectivity index (χ2n) is 6.82. The maximum Gasteiger partial charge on any atom is 0.151 e. The second-order valence-corrected chi connectivity index (χ2v) is 6.82. The van der Waals surface area contributed by atoms with Crippen LogP contribution in [0, 0.1) is 12.8 Å². The summed E-state index contributed by atoms with van der Waals surface area (Å²) in [5.74, 6) is 2.59. The summed E-state index contributed by atoms with van der Waals surface area (Å²) in [5, 5.41) is 12.3. The molecule has 3 rings (SSSR count). The summed E-state index contributed by atoms with van der Waals surface area (Å²) >= 11 is 0. The maximum absolute atomic E-state index is 5.90. The van der Waals surface area contributed by atoms with Crippen molar-refractivity contribution in [2.75, 3.05) is 31.2 Å². The van der Waals surface area contributed by atoms with E-state index in [0.29, 0.717) is 12.5 Å². The topological polar surface area (TPSA) is 59.8 Å². The van der Waals surface area contributed by atoms with Crippen molar-refractivity contribution in [3.8, 4) is 5.75 Å². The Hall–Kier alpha value is -2.63. The number of ether oxygens (including phenoxy) is 1. The van der Waals surface area contributed by atoms with Crippen molar-refractivity contribution in [2.45, 2.75) is 33.1 Å². The number of aromatic nitrogens is 2. The predicted octanol–water partition coefficient (Wildman–Crippen LogP) is 3.84. The summed E-state index contributed by atoms with van der Waals surface area (Å²) in [6.07, 6.45) is 5.14. The molecule has 2 heterocycles. The lowest BCUT2D eigenvalue weighted by atomic mass is 9.94. The lowest BCUT2D eigenvalue weighted by Gasteiger charge is -2.32. The Bertz CT molecular complexity index is 708. The highest BCUT2D eigenvalue weighted by molar-refractivity contribution is 5.79. The van der Waals surface area contributed by atoms with Gasteiger partial charge in [-0.25, -0.2) is 0 Å². The van der Waals surface area contributed by atoms with E-state index in [1.807, 2.05) is 44.2 Å². The SMILES string of the molecule is CCO/N=C/c1ccc(OCCC2CCN(c3ccc(C)nn3)CC2)cc1. The molecular formula is C21H28N4O2. The molecule has 0 atom stereocenters. The lowest BCUT2D eigenvalue weighted by molar-refractivity contribution is 0.160. The third kappa shape index (κ3) is 5.94. The zero-order valence-electron chi connectivity index (χ0n) is 16.2. The van der Waals surface area contributed by atoms with E-state index < -0.39 is 0 Å². The minimum absolute atomic E-state index is 0.578. The molecule has 27 heavy (non-hydrogen) atoms. The van der Waals surface area contributed by atoms with E-state index in [9.17, 15) is 0 Å². The van der Waals surface area contributed by atoms with Gasteiger partial charge in [0.25, 0.3) is 0 Å². The van der Waals surface area contributed by atoms with E-state index >= 15 is 0 Å². The molecule has 1 aliphatic rings. The van der Waals surface area contributed by atoms with Gasteiger partial charge >= 0.3 is 0 Å². The Kier molecular flexibility index (Phi) is 7.02. The molecule has 0 saturated carbocycles. The average Bonchev–Trinajstić information content (AvgIpc) is 2.71. The second kappa shape index (κ2) is 9.90. The highest BCUT2D eigenvalue weighted by Crippen LogP contribution is 2.24. The van der Waals surface area contributed by atoms with E-state index in [0.717, 1.165) is 48.9 Å². The van der Waals surface area contributed by atoms with Crippen molar-refractivity contribution in [1.29, 1.82) is 0 Å². The standard InChI is InChI=1S/C21H28N4O2/c1-3-27-22-16-19-5-7-20(8-6-19)26-15-12-18-10-13-25(14-11-18)21-9-4-17(2)23-24-21/h4-9,16,18H,3,10-15H2,1-2H3/b22-16+. The van der Waals surface area contributed by atoms with Crippen LogP contribution >= 0.6 is 0 Å². The van der Waals surface area contributed by atoms with Gasteiger partial charge in [0.05, 0.1) is 18.5 Å². The Morgan fingerprint density at radius 1 is 1.11 bits per heavy atom.